The van der Waals surface area contributed by atoms with E-state index < -0.39 is 0 Å². The van der Waals surface area contributed by atoms with Crippen molar-refractivity contribution in [3.8, 4) is 5.69 Å². The predicted molar refractivity (Wildman–Crippen MR) is 112 cm³/mol. The summed E-state index contributed by atoms with van der Waals surface area (Å²) in [6.45, 7) is 4.46. The molecular formula is C21H19ClN6O. The van der Waals surface area contributed by atoms with Crippen LogP contribution >= 0.6 is 11.6 Å². The number of carbonyl (C=O) groups is 1. The lowest BCUT2D eigenvalue weighted by molar-refractivity contribution is 0.102. The van der Waals surface area contributed by atoms with Crippen LogP contribution in [0.4, 0.5) is 5.69 Å². The SMILES string of the molecule is Cc1cc(C)n(-c2ccc(Cl)c(C(=O)Nc3cccc(Cn4cncn4)c3)c2)n1. The average molecular weight is 407 g/mol. The summed E-state index contributed by atoms with van der Waals surface area (Å²) < 4.78 is 3.51. The summed E-state index contributed by atoms with van der Waals surface area (Å²) in [7, 11) is 0. The molecule has 4 rings (SSSR count). The van der Waals surface area contributed by atoms with Gasteiger partial charge in [-0.3, -0.25) is 4.79 Å². The third-order valence-corrected chi connectivity index (χ3v) is 4.77. The van der Waals surface area contributed by atoms with Gasteiger partial charge in [0.05, 0.1) is 28.5 Å². The topological polar surface area (TPSA) is 77.6 Å². The van der Waals surface area contributed by atoms with E-state index in [0.717, 1.165) is 22.6 Å². The molecule has 1 amide bonds. The zero-order chi connectivity index (χ0) is 20.4. The molecule has 2 aromatic carbocycles. The maximum Gasteiger partial charge on any atom is 0.257 e. The number of rotatable bonds is 5. The molecule has 0 radical (unpaired) electrons. The summed E-state index contributed by atoms with van der Waals surface area (Å²) in [4.78, 5) is 16.8. The Hall–Kier alpha value is -3.45. The van der Waals surface area contributed by atoms with Crippen molar-refractivity contribution in [3.63, 3.8) is 0 Å². The monoisotopic (exact) mass is 406 g/mol. The van der Waals surface area contributed by atoms with Gasteiger partial charge in [0, 0.05) is 11.4 Å². The smallest absolute Gasteiger partial charge is 0.257 e. The first-order chi connectivity index (χ1) is 14.0. The summed E-state index contributed by atoms with van der Waals surface area (Å²) in [5.74, 6) is -0.281. The highest BCUT2D eigenvalue weighted by Crippen LogP contribution is 2.23. The van der Waals surface area contributed by atoms with Crippen LogP contribution in [0.3, 0.4) is 0 Å². The number of nitrogens with one attached hydrogen (secondary N) is 1. The molecule has 0 saturated heterocycles. The molecule has 0 aliphatic heterocycles. The van der Waals surface area contributed by atoms with E-state index in [-0.39, 0.29) is 5.91 Å². The molecule has 2 heterocycles. The number of hydrogen-bond acceptors (Lipinski definition) is 4. The van der Waals surface area contributed by atoms with E-state index in [9.17, 15) is 4.79 Å². The first kappa shape index (κ1) is 18.9. The van der Waals surface area contributed by atoms with Gasteiger partial charge in [0.2, 0.25) is 0 Å². The van der Waals surface area contributed by atoms with E-state index in [1.54, 1.807) is 27.8 Å². The van der Waals surface area contributed by atoms with E-state index in [2.05, 4.69) is 20.5 Å². The van der Waals surface area contributed by atoms with Crippen molar-refractivity contribution in [1.82, 2.24) is 24.5 Å². The highest BCUT2D eigenvalue weighted by molar-refractivity contribution is 6.34. The lowest BCUT2D eigenvalue weighted by Crippen LogP contribution is -2.14. The fourth-order valence-electron chi connectivity index (χ4n) is 3.16. The van der Waals surface area contributed by atoms with Crippen LogP contribution in [0.25, 0.3) is 5.69 Å². The van der Waals surface area contributed by atoms with Crippen LogP contribution in [-0.2, 0) is 6.54 Å². The molecule has 0 spiro atoms. The Morgan fingerprint density at radius 3 is 2.72 bits per heavy atom. The van der Waals surface area contributed by atoms with Crippen molar-refractivity contribution in [3.05, 3.63) is 88.7 Å². The van der Waals surface area contributed by atoms with Crippen LogP contribution in [-0.4, -0.2) is 30.5 Å². The van der Waals surface area contributed by atoms with Crippen molar-refractivity contribution in [2.75, 3.05) is 5.32 Å². The zero-order valence-corrected chi connectivity index (χ0v) is 16.8. The van der Waals surface area contributed by atoms with Gasteiger partial charge in [-0.2, -0.15) is 10.2 Å². The van der Waals surface area contributed by atoms with Gasteiger partial charge in [-0.15, -0.1) is 0 Å². The number of aryl methyl sites for hydroxylation is 2. The van der Waals surface area contributed by atoms with Crippen LogP contribution in [0.1, 0.15) is 27.3 Å². The lowest BCUT2D eigenvalue weighted by atomic mass is 10.1. The number of carbonyl (C=O) groups excluding carboxylic acids is 1. The molecule has 4 aromatic rings. The number of benzene rings is 2. The number of halogens is 1. The van der Waals surface area contributed by atoms with Crippen molar-refractivity contribution in [2.45, 2.75) is 20.4 Å². The van der Waals surface area contributed by atoms with E-state index in [0.29, 0.717) is 22.8 Å². The van der Waals surface area contributed by atoms with Gasteiger partial charge in [0.15, 0.2) is 0 Å². The molecule has 146 valence electrons. The van der Waals surface area contributed by atoms with Gasteiger partial charge in [-0.1, -0.05) is 23.7 Å². The number of hydrogen-bond donors (Lipinski definition) is 1. The number of nitrogens with zero attached hydrogens (tertiary/aromatic N) is 5. The minimum absolute atomic E-state index is 0.281. The summed E-state index contributed by atoms with van der Waals surface area (Å²) >= 11 is 6.31. The summed E-state index contributed by atoms with van der Waals surface area (Å²) in [6, 6.07) is 14.9. The fraction of sp³-hybridized carbons (Fsp3) is 0.143. The maximum atomic E-state index is 12.9. The Morgan fingerprint density at radius 2 is 2.00 bits per heavy atom. The third-order valence-electron chi connectivity index (χ3n) is 4.44. The fourth-order valence-corrected chi connectivity index (χ4v) is 3.36. The van der Waals surface area contributed by atoms with Crippen LogP contribution in [0.5, 0.6) is 0 Å². The van der Waals surface area contributed by atoms with Crippen LogP contribution in [0.2, 0.25) is 5.02 Å². The highest BCUT2D eigenvalue weighted by Gasteiger charge is 2.14. The van der Waals surface area contributed by atoms with E-state index in [1.165, 1.54) is 6.33 Å². The molecule has 0 atom stereocenters. The second kappa shape index (κ2) is 7.89. The van der Waals surface area contributed by atoms with Crippen LogP contribution in [0, 0.1) is 13.8 Å². The molecule has 0 bridgehead atoms. The van der Waals surface area contributed by atoms with Gasteiger partial charge < -0.3 is 5.32 Å². The average Bonchev–Trinajstić information content (AvgIpc) is 3.31. The van der Waals surface area contributed by atoms with E-state index in [1.807, 2.05) is 50.2 Å². The molecule has 8 heteroatoms. The second-order valence-electron chi connectivity index (χ2n) is 6.75. The number of anilines is 1. The van der Waals surface area contributed by atoms with Gasteiger partial charge in [-0.05, 0) is 55.8 Å². The van der Waals surface area contributed by atoms with E-state index in [4.69, 9.17) is 11.6 Å². The molecule has 0 unspecified atom stereocenters. The Morgan fingerprint density at radius 1 is 1.14 bits per heavy atom. The van der Waals surface area contributed by atoms with Crippen LogP contribution < -0.4 is 5.32 Å². The second-order valence-corrected chi connectivity index (χ2v) is 7.16. The quantitative estimate of drug-likeness (QED) is 0.542. The largest absolute Gasteiger partial charge is 0.322 e. The highest BCUT2D eigenvalue weighted by atomic mass is 35.5. The Kier molecular flexibility index (Phi) is 5.14. The number of amides is 1. The molecule has 29 heavy (non-hydrogen) atoms. The zero-order valence-electron chi connectivity index (χ0n) is 16.0. The van der Waals surface area contributed by atoms with Crippen molar-refractivity contribution >= 4 is 23.2 Å². The summed E-state index contributed by atoms with van der Waals surface area (Å²) in [5.41, 5.74) is 4.74. The predicted octanol–water partition coefficient (Wildman–Crippen LogP) is 4.03. The first-order valence-electron chi connectivity index (χ1n) is 9.05. The standard InChI is InChI=1S/C21H19ClN6O/c1-14-8-15(2)28(26-14)18-6-7-20(22)19(10-18)21(29)25-17-5-3-4-16(9-17)11-27-13-23-12-24-27/h3-10,12-13H,11H2,1-2H3,(H,25,29). The Balaban J connectivity index is 1.57. The minimum Gasteiger partial charge on any atom is -0.322 e. The summed E-state index contributed by atoms with van der Waals surface area (Å²) in [5, 5.41) is 11.9. The summed E-state index contributed by atoms with van der Waals surface area (Å²) in [6.07, 6.45) is 3.14. The maximum absolute atomic E-state index is 12.9. The van der Waals surface area contributed by atoms with Crippen molar-refractivity contribution < 1.29 is 4.79 Å². The lowest BCUT2D eigenvalue weighted by Gasteiger charge is -2.11. The van der Waals surface area contributed by atoms with Crippen molar-refractivity contribution in [2.24, 2.45) is 0 Å². The normalized spacial score (nSPS) is 10.9. The molecule has 0 aliphatic rings. The molecule has 2 aromatic heterocycles. The van der Waals surface area contributed by atoms with Gasteiger partial charge in [0.25, 0.3) is 5.91 Å². The number of aromatic nitrogens is 5. The van der Waals surface area contributed by atoms with Crippen LogP contribution in [0.15, 0.2) is 61.2 Å². The van der Waals surface area contributed by atoms with Gasteiger partial charge in [-0.25, -0.2) is 14.3 Å². The van der Waals surface area contributed by atoms with Gasteiger partial charge in [0.1, 0.15) is 12.7 Å². The third kappa shape index (κ3) is 4.20. The molecule has 1 N–H and O–H groups in total. The Bertz CT molecular complexity index is 1170. The van der Waals surface area contributed by atoms with Crippen molar-refractivity contribution in [1.29, 1.82) is 0 Å². The minimum atomic E-state index is -0.281. The first-order valence-corrected chi connectivity index (χ1v) is 9.43. The molecule has 0 fully saturated rings. The Labute approximate surface area is 173 Å². The molecular weight excluding hydrogens is 388 g/mol. The van der Waals surface area contributed by atoms with Gasteiger partial charge >= 0.3 is 0 Å². The molecule has 7 nitrogen and oxygen atoms in total. The van der Waals surface area contributed by atoms with E-state index >= 15 is 0 Å². The molecule has 0 saturated carbocycles. The molecule has 0 aliphatic carbocycles.